The molecule has 2 atom stereocenters. The Kier molecular flexibility index (Phi) is 5.15. The molecule has 33 heavy (non-hydrogen) atoms. The van der Waals surface area contributed by atoms with Crippen LogP contribution in [0.3, 0.4) is 0 Å². The van der Waals surface area contributed by atoms with Gasteiger partial charge in [0.25, 0.3) is 0 Å². The van der Waals surface area contributed by atoms with Crippen LogP contribution in [0.4, 0.5) is 5.69 Å². The molecule has 0 aliphatic carbocycles. The number of rotatable bonds is 5. The number of carbonyl (C=O) groups excluding carboxylic acids is 2. The van der Waals surface area contributed by atoms with Crippen molar-refractivity contribution < 1.29 is 14.3 Å². The number of hydrogen-bond donors (Lipinski definition) is 2. The molecule has 5 rings (SSSR count). The van der Waals surface area contributed by atoms with Gasteiger partial charge in [-0.3, -0.25) is 19.3 Å². The highest BCUT2D eigenvalue weighted by atomic mass is 32.2. The maximum Gasteiger partial charge on any atom is 0.356 e. The Morgan fingerprint density at radius 2 is 1.55 bits per heavy atom. The monoisotopic (exact) mass is 461 g/mol. The van der Waals surface area contributed by atoms with Gasteiger partial charge in [-0.25, -0.2) is 4.79 Å². The molecular weight excluding hydrogens is 442 g/mol. The summed E-state index contributed by atoms with van der Waals surface area (Å²) < 4.78 is 5.94. The van der Waals surface area contributed by atoms with Gasteiger partial charge in [0, 0.05) is 11.3 Å². The largest absolute Gasteiger partial charge is 0.448 e. The van der Waals surface area contributed by atoms with Crippen molar-refractivity contribution in [3.8, 4) is 0 Å². The summed E-state index contributed by atoms with van der Waals surface area (Å²) in [6.07, 6.45) is -0.753. The van der Waals surface area contributed by atoms with Crippen LogP contribution >= 0.6 is 11.8 Å². The Bertz CT molecular complexity index is 1320. The number of hydrogen-bond acceptors (Lipinski definition) is 8. The number of carbonyl (C=O) groups is 2. The van der Waals surface area contributed by atoms with Crippen LogP contribution in [0.15, 0.2) is 75.9 Å². The minimum absolute atomic E-state index is 0.0258. The molecule has 0 aromatic heterocycles. The molecule has 1 saturated heterocycles. The summed E-state index contributed by atoms with van der Waals surface area (Å²) >= 11 is 1.31. The predicted molar refractivity (Wildman–Crippen MR) is 125 cm³/mol. The van der Waals surface area contributed by atoms with Crippen molar-refractivity contribution in [3.63, 3.8) is 0 Å². The Morgan fingerprint density at radius 3 is 2.09 bits per heavy atom. The molecule has 0 saturated carbocycles. The average Bonchev–Trinajstić information content (AvgIpc) is 2.87. The Labute approximate surface area is 192 Å². The van der Waals surface area contributed by atoms with E-state index in [0.717, 1.165) is 11.1 Å². The maximum atomic E-state index is 13.6. The molecule has 3 aromatic rings. The molecule has 4 N–H and O–H groups in total. The highest BCUT2D eigenvalue weighted by Crippen LogP contribution is 2.44. The summed E-state index contributed by atoms with van der Waals surface area (Å²) in [5, 5.41) is -0.455. The summed E-state index contributed by atoms with van der Waals surface area (Å²) in [5.74, 6) is -1.05. The van der Waals surface area contributed by atoms with Crippen molar-refractivity contribution in [3.05, 3.63) is 103 Å². The van der Waals surface area contributed by atoms with E-state index in [2.05, 4.69) is 0 Å². The lowest BCUT2D eigenvalue weighted by atomic mass is 9.95. The second-order valence-electron chi connectivity index (χ2n) is 7.82. The van der Waals surface area contributed by atoms with E-state index in [-0.39, 0.29) is 28.3 Å². The number of nitrogens with two attached hydrogens (primary N) is 2. The molecule has 0 bridgehead atoms. The van der Waals surface area contributed by atoms with Crippen molar-refractivity contribution >= 4 is 34.9 Å². The second kappa shape index (κ2) is 8.02. The molecule has 2 heterocycles. The molecule has 9 heteroatoms. The van der Waals surface area contributed by atoms with Crippen LogP contribution in [0.25, 0.3) is 5.57 Å². The predicted octanol–water partition coefficient (Wildman–Crippen LogP) is 1.15. The Balaban J connectivity index is 1.59. The Morgan fingerprint density at radius 1 is 0.970 bits per heavy atom. The van der Waals surface area contributed by atoms with Gasteiger partial charge in [-0.15, -0.1) is 11.8 Å². The van der Waals surface area contributed by atoms with Crippen LogP contribution in [0.2, 0.25) is 0 Å². The average molecular weight is 461 g/mol. The first kappa shape index (κ1) is 21.2. The molecule has 166 valence electrons. The van der Waals surface area contributed by atoms with Crippen molar-refractivity contribution in [1.82, 2.24) is 4.90 Å². The van der Waals surface area contributed by atoms with Gasteiger partial charge < -0.3 is 16.2 Å². The fraction of sp³-hybridized carbons (Fsp3) is 0.167. The molecule has 0 radical (unpaired) electrons. The number of nitrogens with zero attached hydrogens (tertiary/aromatic N) is 1. The van der Waals surface area contributed by atoms with Gasteiger partial charge in [-0.05, 0) is 11.1 Å². The van der Waals surface area contributed by atoms with Gasteiger partial charge in [-0.2, -0.15) is 0 Å². The summed E-state index contributed by atoms with van der Waals surface area (Å²) in [5.41, 5.74) is 11.5. The van der Waals surface area contributed by atoms with Crippen LogP contribution in [-0.4, -0.2) is 33.9 Å². The van der Waals surface area contributed by atoms with Crippen LogP contribution in [-0.2, 0) is 14.3 Å². The third kappa shape index (κ3) is 3.28. The topological polar surface area (TPSA) is 133 Å². The first-order valence-corrected chi connectivity index (χ1v) is 11.3. The van der Waals surface area contributed by atoms with E-state index in [1.54, 1.807) is 0 Å². The number of β-lactam (4-membered cyclic amide) rings is 1. The molecule has 1 unspecified atom stereocenters. The molecule has 3 aromatic carbocycles. The number of anilines is 1. The maximum absolute atomic E-state index is 13.6. The van der Waals surface area contributed by atoms with E-state index in [1.807, 2.05) is 60.7 Å². The molecule has 0 spiro atoms. The normalized spacial score (nSPS) is 20.1. The van der Waals surface area contributed by atoms with Crippen molar-refractivity contribution in [2.75, 3.05) is 11.5 Å². The molecule has 2 aliphatic rings. The standard InChI is InChI=1S/C24H19N3O5S/c25-16-15(19(28)20(16)29)14-11-33-23-17(26)22(30)27(23)18(14)24(31)32-21(12-7-3-1-4-8-12)13-9-5-2-6-10-13/h1-10,17,21,23H,11,25-26H2/t17?,23-/m1/s1. The van der Waals surface area contributed by atoms with E-state index in [1.165, 1.54) is 16.7 Å². The third-order valence-corrected chi connectivity index (χ3v) is 7.18. The molecule has 8 nitrogen and oxygen atoms in total. The van der Waals surface area contributed by atoms with Crippen LogP contribution in [0.5, 0.6) is 0 Å². The van der Waals surface area contributed by atoms with Crippen LogP contribution in [0.1, 0.15) is 22.8 Å². The highest BCUT2D eigenvalue weighted by Gasteiger charge is 2.53. The van der Waals surface area contributed by atoms with Gasteiger partial charge >= 0.3 is 5.97 Å². The molecule has 1 fully saturated rings. The lowest BCUT2D eigenvalue weighted by Gasteiger charge is -2.48. The van der Waals surface area contributed by atoms with Crippen molar-refractivity contribution in [1.29, 1.82) is 0 Å². The van der Waals surface area contributed by atoms with E-state index in [9.17, 15) is 19.2 Å². The molecule has 2 aliphatic heterocycles. The molecular formula is C24H19N3O5S. The third-order valence-electron chi connectivity index (χ3n) is 5.88. The fourth-order valence-corrected chi connectivity index (χ4v) is 5.45. The zero-order chi connectivity index (χ0) is 23.3. The van der Waals surface area contributed by atoms with Gasteiger partial charge in [0.2, 0.25) is 16.8 Å². The summed E-state index contributed by atoms with van der Waals surface area (Å²) in [4.78, 5) is 51.4. The number of ether oxygens (including phenoxy) is 1. The van der Waals surface area contributed by atoms with Crippen LogP contribution < -0.4 is 22.3 Å². The van der Waals surface area contributed by atoms with Gasteiger partial charge in [0.05, 0.1) is 11.3 Å². The zero-order valence-electron chi connectivity index (χ0n) is 17.3. The summed E-state index contributed by atoms with van der Waals surface area (Å²) in [6, 6.07) is 17.6. The highest BCUT2D eigenvalue weighted by molar-refractivity contribution is 8.00. The minimum atomic E-state index is -0.796. The zero-order valence-corrected chi connectivity index (χ0v) is 18.1. The van der Waals surface area contributed by atoms with E-state index in [0.29, 0.717) is 0 Å². The molecule has 1 amide bonds. The smallest absolute Gasteiger partial charge is 0.356 e. The quantitative estimate of drug-likeness (QED) is 0.328. The van der Waals surface area contributed by atoms with Crippen LogP contribution in [0, 0.1) is 0 Å². The fourth-order valence-electron chi connectivity index (χ4n) is 4.15. The number of fused-ring (bicyclic) bond motifs is 1. The summed E-state index contributed by atoms with van der Waals surface area (Å²) in [6.45, 7) is 0. The van der Waals surface area contributed by atoms with E-state index in [4.69, 9.17) is 16.2 Å². The van der Waals surface area contributed by atoms with Crippen molar-refractivity contribution in [2.45, 2.75) is 17.5 Å². The number of thioether (sulfide) groups is 1. The lowest BCUT2D eigenvalue weighted by Crippen LogP contribution is -2.68. The van der Waals surface area contributed by atoms with Gasteiger partial charge in [0.1, 0.15) is 17.1 Å². The number of amides is 1. The minimum Gasteiger partial charge on any atom is -0.448 e. The number of benzene rings is 2. The van der Waals surface area contributed by atoms with Crippen molar-refractivity contribution in [2.24, 2.45) is 5.73 Å². The van der Waals surface area contributed by atoms with Gasteiger partial charge in [0.15, 0.2) is 6.10 Å². The van der Waals surface area contributed by atoms with E-state index >= 15 is 0 Å². The Hall–Kier alpha value is -3.69. The van der Waals surface area contributed by atoms with Gasteiger partial charge in [-0.1, -0.05) is 60.7 Å². The first-order chi connectivity index (χ1) is 15.9. The first-order valence-electron chi connectivity index (χ1n) is 10.2. The summed E-state index contributed by atoms with van der Waals surface area (Å²) in [7, 11) is 0. The van der Waals surface area contributed by atoms with E-state index < -0.39 is 40.3 Å². The number of nitrogen functional groups attached to an aromatic ring is 1. The second-order valence-corrected chi connectivity index (χ2v) is 8.92. The number of esters is 1. The lowest BCUT2D eigenvalue weighted by molar-refractivity contribution is -0.152. The SMILES string of the molecule is Nc1c(C2=C(C(=O)OC(c3ccccc3)c3ccccc3)N3C(=O)C(N)[C@H]3SC2)c(=O)c1=O.